The van der Waals surface area contributed by atoms with Crippen molar-refractivity contribution in [3.05, 3.63) is 17.1 Å². The van der Waals surface area contributed by atoms with Gasteiger partial charge in [0.1, 0.15) is 11.6 Å². The predicted octanol–water partition coefficient (Wildman–Crippen LogP) is 0.984. The van der Waals surface area contributed by atoms with E-state index in [1.807, 2.05) is 6.92 Å². The normalized spacial score (nSPS) is 20.5. The Morgan fingerprint density at radius 3 is 2.89 bits per heavy atom. The standard InChI is InChI=1S/C19H29N5O3/c1-13-14-7-8-17(26)23(2)19(14)22-18(21-13)15-6-4-5-10-24(15)12-16(25)20-9-11-27-3/h15H,4-12H2,1-3H3,(H,20,25). The fourth-order valence-corrected chi connectivity index (χ4v) is 3.84. The number of hydrogen-bond donors (Lipinski definition) is 1. The van der Waals surface area contributed by atoms with Crippen LogP contribution in [-0.2, 0) is 20.7 Å². The highest BCUT2D eigenvalue weighted by molar-refractivity contribution is 5.94. The van der Waals surface area contributed by atoms with Crippen LogP contribution in [0.25, 0.3) is 0 Å². The number of aromatic nitrogens is 2. The molecule has 0 saturated carbocycles. The molecule has 3 heterocycles. The lowest BCUT2D eigenvalue weighted by atomic mass is 9.99. The number of aryl methyl sites for hydroxylation is 1. The summed E-state index contributed by atoms with van der Waals surface area (Å²) in [5, 5.41) is 2.88. The molecule has 8 nitrogen and oxygen atoms in total. The fraction of sp³-hybridized carbons (Fsp3) is 0.684. The van der Waals surface area contributed by atoms with Crippen molar-refractivity contribution in [1.82, 2.24) is 20.2 Å². The number of hydrogen-bond acceptors (Lipinski definition) is 6. The van der Waals surface area contributed by atoms with Gasteiger partial charge in [-0.3, -0.25) is 19.4 Å². The van der Waals surface area contributed by atoms with Gasteiger partial charge in [0.2, 0.25) is 11.8 Å². The molecule has 0 aliphatic carbocycles. The molecule has 2 amide bonds. The van der Waals surface area contributed by atoms with Crippen LogP contribution in [0.15, 0.2) is 0 Å². The largest absolute Gasteiger partial charge is 0.383 e. The molecule has 1 aromatic heterocycles. The number of fused-ring (bicyclic) bond motifs is 1. The van der Waals surface area contributed by atoms with Crippen molar-refractivity contribution in [3.63, 3.8) is 0 Å². The second-order valence-electron chi connectivity index (χ2n) is 7.25. The van der Waals surface area contributed by atoms with Gasteiger partial charge in [0, 0.05) is 38.4 Å². The molecule has 2 aliphatic rings. The predicted molar refractivity (Wildman–Crippen MR) is 102 cm³/mol. The van der Waals surface area contributed by atoms with Gasteiger partial charge in [-0.25, -0.2) is 9.97 Å². The van der Waals surface area contributed by atoms with Crippen molar-refractivity contribution in [2.45, 2.75) is 45.1 Å². The van der Waals surface area contributed by atoms with E-state index in [-0.39, 0.29) is 17.9 Å². The summed E-state index contributed by atoms with van der Waals surface area (Å²) in [5.74, 6) is 1.52. The lowest BCUT2D eigenvalue weighted by Crippen LogP contribution is -2.43. The number of amides is 2. The summed E-state index contributed by atoms with van der Waals surface area (Å²) in [6, 6.07) is 0.00125. The Bertz CT molecular complexity index is 709. The minimum Gasteiger partial charge on any atom is -0.383 e. The van der Waals surface area contributed by atoms with E-state index < -0.39 is 0 Å². The summed E-state index contributed by atoms with van der Waals surface area (Å²) in [6.45, 7) is 4.16. The molecule has 1 aromatic rings. The number of nitrogens with zero attached hydrogens (tertiary/aromatic N) is 4. The first-order valence-electron chi connectivity index (χ1n) is 9.65. The second-order valence-corrected chi connectivity index (χ2v) is 7.25. The van der Waals surface area contributed by atoms with Crippen molar-refractivity contribution in [1.29, 1.82) is 0 Å². The Labute approximate surface area is 160 Å². The van der Waals surface area contributed by atoms with Crippen LogP contribution in [0.1, 0.15) is 48.8 Å². The lowest BCUT2D eigenvalue weighted by molar-refractivity contribution is -0.123. The average Bonchev–Trinajstić information content (AvgIpc) is 2.65. The minimum atomic E-state index is -0.0130. The van der Waals surface area contributed by atoms with Crippen molar-refractivity contribution in [2.75, 3.05) is 45.3 Å². The minimum absolute atomic E-state index is 0.00125. The maximum absolute atomic E-state index is 12.3. The smallest absolute Gasteiger partial charge is 0.234 e. The van der Waals surface area contributed by atoms with E-state index in [1.54, 1.807) is 19.1 Å². The number of ether oxygens (including phenoxy) is 1. The Balaban J connectivity index is 1.79. The van der Waals surface area contributed by atoms with Crippen LogP contribution in [0, 0.1) is 6.92 Å². The van der Waals surface area contributed by atoms with Gasteiger partial charge in [-0.2, -0.15) is 0 Å². The Morgan fingerprint density at radius 1 is 1.30 bits per heavy atom. The molecule has 27 heavy (non-hydrogen) atoms. The zero-order chi connectivity index (χ0) is 19.4. The van der Waals surface area contributed by atoms with E-state index in [9.17, 15) is 9.59 Å². The quantitative estimate of drug-likeness (QED) is 0.746. The van der Waals surface area contributed by atoms with E-state index in [0.717, 1.165) is 48.7 Å². The third-order valence-electron chi connectivity index (χ3n) is 5.38. The van der Waals surface area contributed by atoms with Gasteiger partial charge in [0.05, 0.1) is 19.2 Å². The molecule has 8 heteroatoms. The first kappa shape index (κ1) is 19.7. The molecule has 1 N–H and O–H groups in total. The van der Waals surface area contributed by atoms with E-state index in [4.69, 9.17) is 14.7 Å². The lowest BCUT2D eigenvalue weighted by Gasteiger charge is -2.35. The molecule has 0 radical (unpaired) electrons. The molecule has 0 spiro atoms. The highest BCUT2D eigenvalue weighted by Gasteiger charge is 2.31. The average molecular weight is 375 g/mol. The first-order valence-corrected chi connectivity index (χ1v) is 9.65. The summed E-state index contributed by atoms with van der Waals surface area (Å²) < 4.78 is 4.98. The van der Waals surface area contributed by atoms with Gasteiger partial charge < -0.3 is 10.1 Å². The third kappa shape index (κ3) is 4.44. The van der Waals surface area contributed by atoms with Crippen LogP contribution < -0.4 is 10.2 Å². The summed E-state index contributed by atoms with van der Waals surface area (Å²) >= 11 is 0. The van der Waals surface area contributed by atoms with Gasteiger partial charge in [-0.05, 0) is 32.7 Å². The topological polar surface area (TPSA) is 87.7 Å². The molecule has 1 saturated heterocycles. The maximum atomic E-state index is 12.3. The number of carbonyl (C=O) groups is 2. The summed E-state index contributed by atoms with van der Waals surface area (Å²) in [4.78, 5) is 37.7. The molecule has 1 unspecified atom stereocenters. The Kier molecular flexibility index (Phi) is 6.38. The van der Waals surface area contributed by atoms with Crippen LogP contribution >= 0.6 is 0 Å². The van der Waals surface area contributed by atoms with Gasteiger partial charge in [-0.1, -0.05) is 6.42 Å². The summed E-state index contributed by atoms with van der Waals surface area (Å²) in [5.41, 5.74) is 1.99. The number of methoxy groups -OCH3 is 1. The zero-order valence-electron chi connectivity index (χ0n) is 16.5. The van der Waals surface area contributed by atoms with E-state index in [0.29, 0.717) is 32.5 Å². The van der Waals surface area contributed by atoms with Gasteiger partial charge in [0.15, 0.2) is 0 Å². The van der Waals surface area contributed by atoms with E-state index in [2.05, 4.69) is 10.2 Å². The molecule has 2 aliphatic heterocycles. The maximum Gasteiger partial charge on any atom is 0.234 e. The molecule has 3 rings (SSSR count). The first-order chi connectivity index (χ1) is 13.0. The molecule has 1 atom stereocenters. The molecule has 0 bridgehead atoms. The number of nitrogens with one attached hydrogen (secondary N) is 1. The number of carbonyl (C=O) groups excluding carboxylic acids is 2. The highest BCUT2D eigenvalue weighted by atomic mass is 16.5. The molecule has 1 fully saturated rings. The summed E-state index contributed by atoms with van der Waals surface area (Å²) in [6.07, 6.45) is 4.26. The van der Waals surface area contributed by atoms with E-state index >= 15 is 0 Å². The monoisotopic (exact) mass is 375 g/mol. The van der Waals surface area contributed by atoms with Crippen LogP contribution in [0.2, 0.25) is 0 Å². The van der Waals surface area contributed by atoms with Gasteiger partial charge in [0.25, 0.3) is 0 Å². The number of anilines is 1. The van der Waals surface area contributed by atoms with E-state index in [1.165, 1.54) is 0 Å². The number of piperidine rings is 1. The van der Waals surface area contributed by atoms with Crippen LogP contribution in [-0.4, -0.2) is 67.1 Å². The number of likely N-dealkylation sites (tertiary alicyclic amines) is 1. The van der Waals surface area contributed by atoms with Crippen molar-refractivity contribution in [2.24, 2.45) is 0 Å². The van der Waals surface area contributed by atoms with Crippen molar-refractivity contribution >= 4 is 17.6 Å². The molecular formula is C19H29N5O3. The fourth-order valence-electron chi connectivity index (χ4n) is 3.84. The Hall–Kier alpha value is -2.06. The van der Waals surface area contributed by atoms with Crippen LogP contribution in [0.4, 0.5) is 5.82 Å². The molecular weight excluding hydrogens is 346 g/mol. The molecule has 148 valence electrons. The molecule has 0 aromatic carbocycles. The van der Waals surface area contributed by atoms with Gasteiger partial charge in [-0.15, -0.1) is 0 Å². The zero-order valence-corrected chi connectivity index (χ0v) is 16.5. The number of rotatable bonds is 6. The van der Waals surface area contributed by atoms with Crippen molar-refractivity contribution < 1.29 is 14.3 Å². The SMILES string of the molecule is COCCNC(=O)CN1CCCCC1c1nc(C)c2c(n1)N(C)C(=O)CC2. The highest BCUT2D eigenvalue weighted by Crippen LogP contribution is 2.33. The third-order valence-corrected chi connectivity index (χ3v) is 5.38. The second kappa shape index (κ2) is 8.75. The Morgan fingerprint density at radius 2 is 2.11 bits per heavy atom. The summed E-state index contributed by atoms with van der Waals surface area (Å²) in [7, 11) is 3.39. The van der Waals surface area contributed by atoms with Gasteiger partial charge >= 0.3 is 0 Å². The van der Waals surface area contributed by atoms with Crippen LogP contribution in [0.5, 0.6) is 0 Å². The van der Waals surface area contributed by atoms with Crippen molar-refractivity contribution in [3.8, 4) is 0 Å². The van der Waals surface area contributed by atoms with Crippen LogP contribution in [0.3, 0.4) is 0 Å².